The van der Waals surface area contributed by atoms with E-state index in [0.717, 1.165) is 4.80 Å². The standard InChI is InChI=1S/C25H31FN6O4/c1-7-19(24(34)27-25(2,3)4)32(18-12-13-20(35-5)21(14-18)36-6)22(33)15-31-29-23(28-30-31)16-8-10-17(26)11-9-16/h8-14,19H,7,15H2,1-6H3,(H,27,34). The van der Waals surface area contributed by atoms with Gasteiger partial charge in [-0.25, -0.2) is 4.39 Å². The Balaban J connectivity index is 1.96. The fraction of sp³-hybridized carbons (Fsp3) is 0.400. The molecule has 0 radical (unpaired) electrons. The topological polar surface area (TPSA) is 111 Å². The second kappa shape index (κ2) is 11.1. The zero-order valence-corrected chi connectivity index (χ0v) is 21.3. The lowest BCUT2D eigenvalue weighted by Crippen LogP contribution is -2.54. The van der Waals surface area contributed by atoms with Gasteiger partial charge in [0.15, 0.2) is 11.5 Å². The number of tetrazole rings is 1. The van der Waals surface area contributed by atoms with Crippen LogP contribution in [0.25, 0.3) is 11.4 Å². The Morgan fingerprint density at radius 3 is 2.33 bits per heavy atom. The normalized spacial score (nSPS) is 12.1. The molecule has 1 unspecified atom stereocenters. The second-order valence-electron chi connectivity index (χ2n) is 9.12. The molecule has 0 spiro atoms. The largest absolute Gasteiger partial charge is 0.493 e. The van der Waals surface area contributed by atoms with Crippen LogP contribution >= 0.6 is 0 Å². The van der Waals surface area contributed by atoms with Crippen molar-refractivity contribution in [3.63, 3.8) is 0 Å². The predicted molar refractivity (Wildman–Crippen MR) is 132 cm³/mol. The fourth-order valence-electron chi connectivity index (χ4n) is 3.63. The Bertz CT molecular complexity index is 1210. The molecule has 36 heavy (non-hydrogen) atoms. The molecule has 1 aromatic heterocycles. The third-order valence-corrected chi connectivity index (χ3v) is 5.25. The van der Waals surface area contributed by atoms with Crippen LogP contribution in [-0.2, 0) is 16.1 Å². The molecule has 2 aromatic carbocycles. The van der Waals surface area contributed by atoms with E-state index in [-0.39, 0.29) is 24.1 Å². The van der Waals surface area contributed by atoms with Gasteiger partial charge in [0.2, 0.25) is 11.7 Å². The van der Waals surface area contributed by atoms with Gasteiger partial charge in [-0.15, -0.1) is 10.2 Å². The van der Waals surface area contributed by atoms with Gasteiger partial charge in [-0.2, -0.15) is 4.80 Å². The number of amides is 2. The molecule has 0 saturated heterocycles. The summed E-state index contributed by atoms with van der Waals surface area (Å²) in [5, 5.41) is 15.2. The Hall–Kier alpha value is -4.02. The van der Waals surface area contributed by atoms with Gasteiger partial charge >= 0.3 is 0 Å². The summed E-state index contributed by atoms with van der Waals surface area (Å²) >= 11 is 0. The molecule has 1 N–H and O–H groups in total. The number of carbonyl (C=O) groups excluding carboxylic acids is 2. The molecule has 0 bridgehead atoms. The lowest BCUT2D eigenvalue weighted by Gasteiger charge is -2.33. The van der Waals surface area contributed by atoms with Gasteiger partial charge < -0.3 is 14.8 Å². The number of rotatable bonds is 9. The van der Waals surface area contributed by atoms with Crippen molar-refractivity contribution in [2.45, 2.75) is 52.2 Å². The first-order valence-electron chi connectivity index (χ1n) is 11.5. The summed E-state index contributed by atoms with van der Waals surface area (Å²) in [5.74, 6) is 0.0379. The summed E-state index contributed by atoms with van der Waals surface area (Å²) in [6.07, 6.45) is 0.355. The van der Waals surface area contributed by atoms with E-state index in [1.54, 1.807) is 18.2 Å². The van der Waals surface area contributed by atoms with E-state index < -0.39 is 17.5 Å². The Morgan fingerprint density at radius 2 is 1.75 bits per heavy atom. The molecule has 2 amide bonds. The number of methoxy groups -OCH3 is 2. The third kappa shape index (κ3) is 6.35. The number of aromatic nitrogens is 4. The van der Waals surface area contributed by atoms with Gasteiger partial charge in [0.05, 0.1) is 14.2 Å². The van der Waals surface area contributed by atoms with Crippen LogP contribution in [-0.4, -0.2) is 57.8 Å². The zero-order valence-electron chi connectivity index (χ0n) is 21.3. The zero-order chi connectivity index (χ0) is 26.5. The van der Waals surface area contributed by atoms with Gasteiger partial charge in [0.1, 0.15) is 18.4 Å². The van der Waals surface area contributed by atoms with Crippen LogP contribution < -0.4 is 19.7 Å². The quantitative estimate of drug-likeness (QED) is 0.482. The molecule has 10 nitrogen and oxygen atoms in total. The summed E-state index contributed by atoms with van der Waals surface area (Å²) < 4.78 is 24.0. The van der Waals surface area contributed by atoms with Crippen molar-refractivity contribution in [1.29, 1.82) is 0 Å². The minimum atomic E-state index is -0.810. The van der Waals surface area contributed by atoms with Crippen LogP contribution in [0.15, 0.2) is 42.5 Å². The Kier molecular flexibility index (Phi) is 8.23. The Morgan fingerprint density at radius 1 is 1.08 bits per heavy atom. The van der Waals surface area contributed by atoms with Gasteiger partial charge in [0, 0.05) is 22.9 Å². The van der Waals surface area contributed by atoms with Gasteiger partial charge in [-0.05, 0) is 68.8 Å². The molecular formula is C25H31FN6O4. The molecule has 0 fully saturated rings. The van der Waals surface area contributed by atoms with Gasteiger partial charge in [-0.3, -0.25) is 14.5 Å². The minimum absolute atomic E-state index is 0.248. The smallest absolute Gasteiger partial charge is 0.251 e. The molecule has 3 rings (SSSR count). The van der Waals surface area contributed by atoms with E-state index in [9.17, 15) is 14.0 Å². The van der Waals surface area contributed by atoms with Crippen molar-refractivity contribution < 1.29 is 23.5 Å². The number of nitrogens with one attached hydrogen (secondary N) is 1. The summed E-state index contributed by atoms with van der Waals surface area (Å²) in [5.41, 5.74) is 0.518. The number of anilines is 1. The van der Waals surface area contributed by atoms with Crippen molar-refractivity contribution in [2.24, 2.45) is 0 Å². The number of halogens is 1. The molecule has 0 aliphatic rings. The van der Waals surface area contributed by atoms with Crippen molar-refractivity contribution in [1.82, 2.24) is 25.5 Å². The summed E-state index contributed by atoms with van der Waals surface area (Å²) in [7, 11) is 3.01. The third-order valence-electron chi connectivity index (χ3n) is 5.25. The first kappa shape index (κ1) is 26.6. The van der Waals surface area contributed by atoms with E-state index >= 15 is 0 Å². The van der Waals surface area contributed by atoms with Gasteiger partial charge in [0.25, 0.3) is 5.91 Å². The number of hydrogen-bond donors (Lipinski definition) is 1. The molecule has 1 atom stereocenters. The first-order chi connectivity index (χ1) is 17.1. The molecule has 1 heterocycles. The molecular weight excluding hydrogens is 467 g/mol. The highest BCUT2D eigenvalue weighted by Gasteiger charge is 2.32. The summed E-state index contributed by atoms with van der Waals surface area (Å²) in [4.78, 5) is 29.4. The lowest BCUT2D eigenvalue weighted by molar-refractivity contribution is -0.128. The highest BCUT2D eigenvalue weighted by molar-refractivity contribution is 6.01. The molecule has 0 aliphatic carbocycles. The van der Waals surface area contributed by atoms with Crippen molar-refractivity contribution in [3.05, 3.63) is 48.3 Å². The van der Waals surface area contributed by atoms with Crippen molar-refractivity contribution in [3.8, 4) is 22.9 Å². The number of hydrogen-bond acceptors (Lipinski definition) is 7. The highest BCUT2D eigenvalue weighted by Crippen LogP contribution is 2.33. The average molecular weight is 499 g/mol. The van der Waals surface area contributed by atoms with Crippen LogP contribution in [0.2, 0.25) is 0 Å². The van der Waals surface area contributed by atoms with Crippen LogP contribution in [0.4, 0.5) is 10.1 Å². The van der Waals surface area contributed by atoms with E-state index in [2.05, 4.69) is 20.7 Å². The SMILES string of the molecule is CCC(C(=O)NC(C)(C)C)N(C(=O)Cn1nnc(-c2ccc(F)cc2)n1)c1ccc(OC)c(OC)c1. The van der Waals surface area contributed by atoms with E-state index in [1.807, 2.05) is 27.7 Å². The molecule has 11 heteroatoms. The number of nitrogens with zero attached hydrogens (tertiary/aromatic N) is 5. The lowest BCUT2D eigenvalue weighted by atomic mass is 10.1. The van der Waals surface area contributed by atoms with Gasteiger partial charge in [-0.1, -0.05) is 6.92 Å². The average Bonchev–Trinajstić information content (AvgIpc) is 3.29. The maximum Gasteiger partial charge on any atom is 0.251 e. The van der Waals surface area contributed by atoms with Crippen LogP contribution in [0.3, 0.4) is 0 Å². The molecule has 192 valence electrons. The summed E-state index contributed by atoms with van der Waals surface area (Å²) in [6.45, 7) is 7.17. The molecule has 3 aromatic rings. The van der Waals surface area contributed by atoms with Crippen LogP contribution in [0, 0.1) is 5.82 Å². The molecule has 0 aliphatic heterocycles. The monoisotopic (exact) mass is 498 g/mol. The highest BCUT2D eigenvalue weighted by atomic mass is 19.1. The van der Waals surface area contributed by atoms with Crippen molar-refractivity contribution >= 4 is 17.5 Å². The molecule has 0 saturated carbocycles. The minimum Gasteiger partial charge on any atom is -0.493 e. The van der Waals surface area contributed by atoms with Crippen LogP contribution in [0.1, 0.15) is 34.1 Å². The van der Waals surface area contributed by atoms with Crippen molar-refractivity contribution in [2.75, 3.05) is 19.1 Å². The second-order valence-corrected chi connectivity index (χ2v) is 9.12. The van der Waals surface area contributed by atoms with E-state index in [4.69, 9.17) is 9.47 Å². The fourth-order valence-corrected chi connectivity index (χ4v) is 3.63. The first-order valence-corrected chi connectivity index (χ1v) is 11.5. The number of ether oxygens (including phenoxy) is 2. The predicted octanol–water partition coefficient (Wildman–Crippen LogP) is 3.22. The Labute approximate surface area is 209 Å². The maximum atomic E-state index is 13.6. The van der Waals surface area contributed by atoms with Crippen LogP contribution in [0.5, 0.6) is 11.5 Å². The number of carbonyl (C=O) groups is 2. The van der Waals surface area contributed by atoms with E-state index in [0.29, 0.717) is 29.2 Å². The van der Waals surface area contributed by atoms with E-state index in [1.165, 1.54) is 43.4 Å². The number of benzene rings is 2. The maximum absolute atomic E-state index is 13.6. The summed E-state index contributed by atoms with van der Waals surface area (Å²) in [6, 6.07) is 9.82.